The Hall–Kier alpha value is -1.98. The van der Waals surface area contributed by atoms with E-state index in [1.807, 2.05) is 0 Å². The van der Waals surface area contributed by atoms with E-state index >= 15 is 0 Å². The number of methoxy groups -OCH3 is 1. The van der Waals surface area contributed by atoms with Crippen molar-refractivity contribution in [1.82, 2.24) is 0 Å². The smallest absolute Gasteiger partial charge is 0.419 e. The Bertz CT molecular complexity index is 450. The van der Waals surface area contributed by atoms with Gasteiger partial charge >= 0.3 is 12.1 Å². The highest BCUT2D eigenvalue weighted by atomic mass is 19.4. The van der Waals surface area contributed by atoms with Gasteiger partial charge in [0.25, 0.3) is 0 Å². The summed E-state index contributed by atoms with van der Waals surface area (Å²) in [5, 5.41) is 8.37. The van der Waals surface area contributed by atoms with Crippen LogP contribution in [0.4, 0.5) is 13.2 Å². The first-order valence-electron chi connectivity index (χ1n) is 4.51. The summed E-state index contributed by atoms with van der Waals surface area (Å²) in [5.41, 5.74) is -0.798. The summed E-state index contributed by atoms with van der Waals surface area (Å²) in [5.74, 6) is -1.53. The lowest BCUT2D eigenvalue weighted by molar-refractivity contribution is -0.138. The van der Waals surface area contributed by atoms with Crippen LogP contribution in [0.2, 0.25) is 0 Å². The Labute approximate surface area is 95.1 Å². The first-order chi connectivity index (χ1) is 7.84. The molecule has 0 radical (unpaired) electrons. The maximum absolute atomic E-state index is 12.6. The fourth-order valence-electron chi connectivity index (χ4n) is 1.22. The number of hydrogen-bond donors (Lipinski definition) is 1. The van der Waals surface area contributed by atoms with Gasteiger partial charge in [0.2, 0.25) is 0 Å². The molecule has 0 atom stereocenters. The molecule has 0 bridgehead atoms. The lowest BCUT2D eigenvalue weighted by atomic mass is 10.1. The maximum atomic E-state index is 12.6. The van der Waals surface area contributed by atoms with Crippen LogP contribution < -0.4 is 4.74 Å². The van der Waals surface area contributed by atoms with Gasteiger partial charge < -0.3 is 9.84 Å². The minimum Gasteiger partial charge on any atom is -0.496 e. The second-order valence-corrected chi connectivity index (χ2v) is 3.13. The summed E-state index contributed by atoms with van der Waals surface area (Å²) < 4.78 is 42.4. The molecule has 0 heterocycles. The van der Waals surface area contributed by atoms with Gasteiger partial charge in [0.1, 0.15) is 5.75 Å². The van der Waals surface area contributed by atoms with Crippen LogP contribution in [0.25, 0.3) is 6.08 Å². The minimum absolute atomic E-state index is 0.139. The minimum atomic E-state index is -4.54. The molecule has 0 aromatic heterocycles. The van der Waals surface area contributed by atoms with Gasteiger partial charge in [0.15, 0.2) is 0 Å². The Balaban J connectivity index is 3.18. The Morgan fingerprint density at radius 2 is 2.06 bits per heavy atom. The fraction of sp³-hybridized carbons (Fsp3) is 0.182. The highest BCUT2D eigenvalue weighted by molar-refractivity contribution is 5.85. The van der Waals surface area contributed by atoms with E-state index in [0.29, 0.717) is 0 Å². The summed E-state index contributed by atoms with van der Waals surface area (Å²) in [6.45, 7) is 0. The van der Waals surface area contributed by atoms with Crippen LogP contribution in [0, 0.1) is 0 Å². The van der Waals surface area contributed by atoms with Crippen LogP contribution in [0.15, 0.2) is 24.3 Å². The van der Waals surface area contributed by atoms with E-state index in [2.05, 4.69) is 4.74 Å². The van der Waals surface area contributed by atoms with E-state index in [-0.39, 0.29) is 11.3 Å². The molecule has 0 aliphatic carbocycles. The predicted octanol–water partition coefficient (Wildman–Crippen LogP) is 2.81. The number of carboxylic acids is 1. The van der Waals surface area contributed by atoms with E-state index in [1.165, 1.54) is 6.07 Å². The largest absolute Gasteiger partial charge is 0.496 e. The molecular formula is C11H9F3O3. The third-order valence-electron chi connectivity index (χ3n) is 1.95. The quantitative estimate of drug-likeness (QED) is 0.834. The van der Waals surface area contributed by atoms with Gasteiger partial charge in [-0.15, -0.1) is 0 Å². The molecular weight excluding hydrogens is 237 g/mol. The predicted molar refractivity (Wildman–Crippen MR) is 54.7 cm³/mol. The van der Waals surface area contributed by atoms with Crippen molar-refractivity contribution < 1.29 is 27.8 Å². The number of ether oxygens (including phenoxy) is 1. The summed E-state index contributed by atoms with van der Waals surface area (Å²) in [7, 11) is 1.14. The zero-order valence-corrected chi connectivity index (χ0v) is 8.78. The van der Waals surface area contributed by atoms with Crippen LogP contribution in [0.5, 0.6) is 5.75 Å². The average molecular weight is 246 g/mol. The molecule has 1 N–H and O–H groups in total. The summed E-state index contributed by atoms with van der Waals surface area (Å²) in [6, 6.07) is 3.32. The number of carbonyl (C=O) groups is 1. The molecule has 1 rings (SSSR count). The Kier molecular flexibility index (Phi) is 3.77. The summed E-state index contributed by atoms with van der Waals surface area (Å²) in [4.78, 5) is 10.2. The van der Waals surface area contributed by atoms with E-state index in [4.69, 9.17) is 5.11 Å². The fourth-order valence-corrected chi connectivity index (χ4v) is 1.22. The van der Waals surface area contributed by atoms with Crippen molar-refractivity contribution >= 4 is 12.0 Å². The lowest BCUT2D eigenvalue weighted by Crippen LogP contribution is -2.07. The van der Waals surface area contributed by atoms with Gasteiger partial charge in [-0.2, -0.15) is 13.2 Å². The standard InChI is InChI=1S/C11H9F3O3/c1-17-9-4-2-7(3-5-10(15)16)6-8(9)11(12,13)14/h2-6H,1H3,(H,15,16). The topological polar surface area (TPSA) is 46.5 Å². The van der Waals surface area contributed by atoms with Gasteiger partial charge in [-0.25, -0.2) is 4.79 Å². The van der Waals surface area contributed by atoms with Gasteiger partial charge in [0, 0.05) is 6.08 Å². The molecule has 1 aromatic rings. The first-order valence-corrected chi connectivity index (χ1v) is 4.51. The van der Waals surface area contributed by atoms with Crippen molar-refractivity contribution in [2.24, 2.45) is 0 Å². The Morgan fingerprint density at radius 3 is 2.53 bits per heavy atom. The SMILES string of the molecule is COc1ccc(C=CC(=O)O)cc1C(F)(F)F. The second kappa shape index (κ2) is 4.90. The zero-order chi connectivity index (χ0) is 13.1. The molecule has 0 fully saturated rings. The van der Waals surface area contributed by atoms with Crippen molar-refractivity contribution in [3.8, 4) is 5.75 Å². The van der Waals surface area contributed by atoms with Crippen LogP contribution in [0.3, 0.4) is 0 Å². The molecule has 17 heavy (non-hydrogen) atoms. The molecule has 0 saturated carbocycles. The average Bonchev–Trinajstić information content (AvgIpc) is 2.24. The van der Waals surface area contributed by atoms with E-state index in [1.54, 1.807) is 0 Å². The van der Waals surface area contributed by atoms with E-state index < -0.39 is 17.7 Å². The van der Waals surface area contributed by atoms with Gasteiger partial charge in [-0.1, -0.05) is 6.07 Å². The molecule has 0 aliphatic rings. The molecule has 0 saturated heterocycles. The van der Waals surface area contributed by atoms with E-state index in [0.717, 1.165) is 31.4 Å². The zero-order valence-electron chi connectivity index (χ0n) is 8.78. The highest BCUT2D eigenvalue weighted by Crippen LogP contribution is 2.36. The number of hydrogen-bond acceptors (Lipinski definition) is 2. The van der Waals surface area contributed by atoms with Gasteiger partial charge in [0.05, 0.1) is 12.7 Å². The molecule has 0 aliphatic heterocycles. The van der Waals surface area contributed by atoms with Gasteiger partial charge in [-0.05, 0) is 23.8 Å². The molecule has 0 spiro atoms. The normalized spacial score (nSPS) is 11.8. The monoisotopic (exact) mass is 246 g/mol. The molecule has 0 unspecified atom stereocenters. The van der Waals surface area contributed by atoms with Crippen LogP contribution in [-0.2, 0) is 11.0 Å². The van der Waals surface area contributed by atoms with Gasteiger partial charge in [-0.3, -0.25) is 0 Å². The number of rotatable bonds is 3. The third-order valence-corrected chi connectivity index (χ3v) is 1.95. The van der Waals surface area contributed by atoms with Crippen molar-refractivity contribution in [3.05, 3.63) is 35.4 Å². The number of carboxylic acid groups (broad SMARTS) is 1. The van der Waals surface area contributed by atoms with Crippen LogP contribution >= 0.6 is 0 Å². The molecule has 6 heteroatoms. The summed E-state index contributed by atoms with van der Waals surface area (Å²) >= 11 is 0. The Morgan fingerprint density at radius 1 is 1.41 bits per heavy atom. The number of halogens is 3. The third kappa shape index (κ3) is 3.51. The molecule has 1 aromatic carbocycles. The van der Waals surface area contributed by atoms with Crippen molar-refractivity contribution in [2.75, 3.05) is 7.11 Å². The van der Waals surface area contributed by atoms with Crippen molar-refractivity contribution in [3.63, 3.8) is 0 Å². The highest BCUT2D eigenvalue weighted by Gasteiger charge is 2.34. The molecule has 3 nitrogen and oxygen atoms in total. The summed E-state index contributed by atoms with van der Waals surface area (Å²) in [6.07, 6.45) is -2.70. The number of alkyl halides is 3. The van der Waals surface area contributed by atoms with E-state index in [9.17, 15) is 18.0 Å². The maximum Gasteiger partial charge on any atom is 0.419 e. The van der Waals surface area contributed by atoms with Crippen molar-refractivity contribution in [2.45, 2.75) is 6.18 Å². The second-order valence-electron chi connectivity index (χ2n) is 3.13. The molecule has 0 amide bonds. The van der Waals surface area contributed by atoms with Crippen molar-refractivity contribution in [1.29, 1.82) is 0 Å². The number of benzene rings is 1. The molecule has 92 valence electrons. The lowest BCUT2D eigenvalue weighted by Gasteiger charge is -2.12. The first kappa shape index (κ1) is 13.1. The number of aliphatic carboxylic acids is 1. The van der Waals surface area contributed by atoms with Crippen LogP contribution in [-0.4, -0.2) is 18.2 Å². The van der Waals surface area contributed by atoms with Crippen LogP contribution in [0.1, 0.15) is 11.1 Å².